The maximum absolute atomic E-state index is 12.1. The molecule has 0 saturated heterocycles. The van der Waals surface area contributed by atoms with Crippen LogP contribution in [0.4, 0.5) is 5.69 Å². The van der Waals surface area contributed by atoms with Crippen LogP contribution in [0, 0.1) is 0 Å². The average Bonchev–Trinajstić information content (AvgIpc) is 2.81. The smallest absolute Gasteiger partial charge is 0.253 e. The monoisotopic (exact) mass is 325 g/mol. The molecular weight excluding hydrogens is 314 g/mol. The number of carbonyl (C=O) groups is 1. The van der Waals surface area contributed by atoms with Crippen molar-refractivity contribution in [2.24, 2.45) is 0 Å². The molecule has 6 heteroatoms. The first-order valence-corrected chi connectivity index (χ1v) is 7.00. The van der Waals surface area contributed by atoms with Gasteiger partial charge in [-0.15, -0.1) is 11.3 Å². The van der Waals surface area contributed by atoms with Gasteiger partial charge in [0.25, 0.3) is 5.91 Å². The zero-order chi connectivity index (χ0) is 13.1. The molecule has 1 aromatic heterocycles. The second-order valence-corrected chi connectivity index (χ2v) is 5.64. The van der Waals surface area contributed by atoms with Crippen molar-refractivity contribution in [1.29, 1.82) is 0 Å². The number of amides is 1. The predicted molar refractivity (Wildman–Crippen MR) is 76.5 cm³/mol. The number of nitrogens with one attached hydrogen (secondary N) is 1. The van der Waals surface area contributed by atoms with Gasteiger partial charge >= 0.3 is 0 Å². The molecular formula is C12H12BrN3OS. The third-order valence-corrected chi connectivity index (χ3v) is 3.88. The van der Waals surface area contributed by atoms with Crippen LogP contribution in [0.5, 0.6) is 0 Å². The standard InChI is InChI=1S/C12H12BrN3OS/c1-7(12-15-4-5-18-12)16-11(17)9-3-2-8(13)6-10(9)14/h2-7H,14H2,1H3,(H,16,17). The topological polar surface area (TPSA) is 68.0 Å². The van der Waals surface area contributed by atoms with Gasteiger partial charge in [0.1, 0.15) is 5.01 Å². The lowest BCUT2D eigenvalue weighted by Crippen LogP contribution is -2.27. The molecule has 0 bridgehead atoms. The molecule has 94 valence electrons. The Morgan fingerprint density at radius 3 is 2.94 bits per heavy atom. The molecule has 2 rings (SSSR count). The van der Waals surface area contributed by atoms with E-state index in [0.29, 0.717) is 11.3 Å². The summed E-state index contributed by atoms with van der Waals surface area (Å²) in [4.78, 5) is 16.2. The van der Waals surface area contributed by atoms with Gasteiger partial charge in [-0.2, -0.15) is 0 Å². The number of halogens is 1. The summed E-state index contributed by atoms with van der Waals surface area (Å²) in [6.45, 7) is 1.89. The Labute approximate surface area is 117 Å². The van der Waals surface area contributed by atoms with E-state index in [1.165, 1.54) is 11.3 Å². The van der Waals surface area contributed by atoms with Gasteiger partial charge in [-0.3, -0.25) is 4.79 Å². The van der Waals surface area contributed by atoms with Crippen molar-refractivity contribution < 1.29 is 4.79 Å². The van der Waals surface area contributed by atoms with E-state index in [1.54, 1.807) is 24.4 Å². The molecule has 0 radical (unpaired) electrons. The van der Waals surface area contributed by atoms with Crippen LogP contribution < -0.4 is 11.1 Å². The number of carbonyl (C=O) groups excluding carboxylic acids is 1. The number of benzene rings is 1. The molecule has 1 atom stereocenters. The van der Waals surface area contributed by atoms with Gasteiger partial charge in [0.15, 0.2) is 0 Å². The Hall–Kier alpha value is -1.40. The fourth-order valence-corrected chi connectivity index (χ4v) is 2.55. The van der Waals surface area contributed by atoms with Crippen LogP contribution in [0.15, 0.2) is 34.2 Å². The molecule has 4 nitrogen and oxygen atoms in total. The second kappa shape index (κ2) is 5.49. The lowest BCUT2D eigenvalue weighted by molar-refractivity contribution is 0.0940. The maximum Gasteiger partial charge on any atom is 0.253 e. The third-order valence-electron chi connectivity index (χ3n) is 2.43. The highest BCUT2D eigenvalue weighted by molar-refractivity contribution is 9.10. The molecule has 18 heavy (non-hydrogen) atoms. The first kappa shape index (κ1) is 13.0. The van der Waals surface area contributed by atoms with E-state index in [0.717, 1.165) is 9.48 Å². The van der Waals surface area contributed by atoms with Crippen LogP contribution in [0.3, 0.4) is 0 Å². The Kier molecular flexibility index (Phi) is 3.98. The highest BCUT2D eigenvalue weighted by Gasteiger charge is 2.15. The van der Waals surface area contributed by atoms with Gasteiger partial charge in [-0.1, -0.05) is 15.9 Å². The quantitative estimate of drug-likeness (QED) is 0.852. The van der Waals surface area contributed by atoms with Gasteiger partial charge in [0.05, 0.1) is 11.6 Å². The lowest BCUT2D eigenvalue weighted by atomic mass is 10.1. The maximum atomic E-state index is 12.1. The van der Waals surface area contributed by atoms with Crippen LogP contribution in [-0.2, 0) is 0 Å². The number of hydrogen-bond donors (Lipinski definition) is 2. The highest BCUT2D eigenvalue weighted by Crippen LogP contribution is 2.20. The molecule has 0 saturated carbocycles. The van der Waals surface area contributed by atoms with Crippen molar-refractivity contribution in [2.45, 2.75) is 13.0 Å². The SMILES string of the molecule is CC(NC(=O)c1ccc(Br)cc1N)c1nccs1. The number of rotatable bonds is 3. The van der Waals surface area contributed by atoms with Crippen molar-refractivity contribution in [3.63, 3.8) is 0 Å². The normalized spacial score (nSPS) is 12.1. The average molecular weight is 326 g/mol. The molecule has 3 N–H and O–H groups in total. The fourth-order valence-electron chi connectivity index (χ4n) is 1.52. The van der Waals surface area contributed by atoms with E-state index < -0.39 is 0 Å². The minimum Gasteiger partial charge on any atom is -0.398 e. The van der Waals surface area contributed by atoms with Crippen molar-refractivity contribution in [3.05, 3.63) is 44.8 Å². The largest absolute Gasteiger partial charge is 0.398 e. The van der Waals surface area contributed by atoms with Gasteiger partial charge in [0.2, 0.25) is 0 Å². The van der Waals surface area contributed by atoms with Crippen LogP contribution in [-0.4, -0.2) is 10.9 Å². The second-order valence-electron chi connectivity index (χ2n) is 3.80. The summed E-state index contributed by atoms with van der Waals surface area (Å²) in [6.07, 6.45) is 1.72. The van der Waals surface area contributed by atoms with Crippen LogP contribution in [0.25, 0.3) is 0 Å². The number of nitrogen functional groups attached to an aromatic ring is 1. The van der Waals surface area contributed by atoms with E-state index in [-0.39, 0.29) is 11.9 Å². The Morgan fingerprint density at radius 1 is 1.56 bits per heavy atom. The van der Waals surface area contributed by atoms with Crippen LogP contribution >= 0.6 is 27.3 Å². The van der Waals surface area contributed by atoms with Crippen molar-refractivity contribution in [1.82, 2.24) is 10.3 Å². The van der Waals surface area contributed by atoms with Gasteiger partial charge in [0, 0.05) is 21.7 Å². The third kappa shape index (κ3) is 2.88. The van der Waals surface area contributed by atoms with E-state index in [4.69, 9.17) is 5.73 Å². The van der Waals surface area contributed by atoms with Crippen molar-refractivity contribution in [3.8, 4) is 0 Å². The van der Waals surface area contributed by atoms with Gasteiger partial charge < -0.3 is 11.1 Å². The molecule has 1 amide bonds. The molecule has 1 heterocycles. The summed E-state index contributed by atoms with van der Waals surface area (Å²) >= 11 is 4.82. The lowest BCUT2D eigenvalue weighted by Gasteiger charge is -2.12. The molecule has 1 unspecified atom stereocenters. The number of hydrogen-bond acceptors (Lipinski definition) is 4. The van der Waals surface area contributed by atoms with E-state index in [2.05, 4.69) is 26.2 Å². The minimum atomic E-state index is -0.192. The zero-order valence-electron chi connectivity index (χ0n) is 9.68. The Bertz CT molecular complexity index is 556. The summed E-state index contributed by atoms with van der Waals surface area (Å²) in [6, 6.07) is 5.08. The van der Waals surface area contributed by atoms with Crippen molar-refractivity contribution >= 4 is 38.9 Å². The first-order chi connectivity index (χ1) is 8.58. The van der Waals surface area contributed by atoms with E-state index >= 15 is 0 Å². The Balaban J connectivity index is 2.12. The summed E-state index contributed by atoms with van der Waals surface area (Å²) < 4.78 is 0.851. The van der Waals surface area contributed by atoms with E-state index in [9.17, 15) is 4.79 Å². The van der Waals surface area contributed by atoms with Gasteiger partial charge in [-0.25, -0.2) is 4.98 Å². The Morgan fingerprint density at radius 2 is 2.33 bits per heavy atom. The summed E-state index contributed by atoms with van der Waals surface area (Å²) in [7, 11) is 0. The summed E-state index contributed by atoms with van der Waals surface area (Å²) in [5, 5.41) is 5.63. The first-order valence-electron chi connectivity index (χ1n) is 5.33. The number of nitrogens with two attached hydrogens (primary N) is 1. The van der Waals surface area contributed by atoms with Crippen molar-refractivity contribution in [2.75, 3.05) is 5.73 Å². The minimum absolute atomic E-state index is 0.124. The number of thiazole rings is 1. The highest BCUT2D eigenvalue weighted by atomic mass is 79.9. The molecule has 0 aliphatic carbocycles. The fraction of sp³-hybridized carbons (Fsp3) is 0.167. The molecule has 0 aliphatic heterocycles. The molecule has 0 spiro atoms. The summed E-state index contributed by atoms with van der Waals surface area (Å²) in [5.74, 6) is -0.192. The number of anilines is 1. The molecule has 2 aromatic rings. The van der Waals surface area contributed by atoms with Crippen LogP contribution in [0.2, 0.25) is 0 Å². The molecule has 0 aliphatic rings. The zero-order valence-corrected chi connectivity index (χ0v) is 12.1. The number of nitrogens with zero attached hydrogens (tertiary/aromatic N) is 1. The van der Waals surface area contributed by atoms with Gasteiger partial charge in [-0.05, 0) is 25.1 Å². The molecule has 1 aromatic carbocycles. The number of aromatic nitrogens is 1. The summed E-state index contributed by atoms with van der Waals surface area (Å²) in [5.41, 5.74) is 6.74. The van der Waals surface area contributed by atoms with E-state index in [1.807, 2.05) is 12.3 Å². The molecule has 0 fully saturated rings. The van der Waals surface area contributed by atoms with Crippen LogP contribution in [0.1, 0.15) is 28.3 Å². The predicted octanol–water partition coefficient (Wildman–Crippen LogP) is 2.98.